The van der Waals surface area contributed by atoms with Crippen molar-refractivity contribution >= 4 is 12.2 Å². The van der Waals surface area contributed by atoms with E-state index in [1.54, 1.807) is 13.3 Å². The van der Waals surface area contributed by atoms with Crippen LogP contribution in [0.1, 0.15) is 32.0 Å². The number of aryl methyl sites for hydroxylation is 1. The minimum Gasteiger partial charge on any atom is -0.493 e. The van der Waals surface area contributed by atoms with Crippen molar-refractivity contribution in [2.75, 3.05) is 12.5 Å². The van der Waals surface area contributed by atoms with Crippen LogP contribution in [-0.2, 0) is 6.42 Å². The van der Waals surface area contributed by atoms with E-state index in [1.165, 1.54) is 6.07 Å². The van der Waals surface area contributed by atoms with Crippen LogP contribution >= 0.6 is 0 Å². The Kier molecular flexibility index (Phi) is 5.95. The number of aromatic amines is 1. The molecule has 2 aromatic rings. The van der Waals surface area contributed by atoms with Gasteiger partial charge in [0.1, 0.15) is 0 Å². The maximum atomic E-state index is 11.5. The maximum absolute atomic E-state index is 11.5. The Labute approximate surface area is 140 Å². The highest BCUT2D eigenvalue weighted by Gasteiger charge is 2.06. The molecule has 2 N–H and O–H groups in total. The molecule has 0 atom stereocenters. The fourth-order valence-corrected chi connectivity index (χ4v) is 2.03. The Hall–Kier alpha value is -2.83. The first-order valence-electron chi connectivity index (χ1n) is 7.75. The van der Waals surface area contributed by atoms with Gasteiger partial charge in [-0.15, -0.1) is 0 Å². The van der Waals surface area contributed by atoms with E-state index in [0.29, 0.717) is 29.6 Å². The minimum absolute atomic E-state index is 0.0637. The number of ether oxygens (including phenoxy) is 2. The predicted molar refractivity (Wildman–Crippen MR) is 94.2 cm³/mol. The molecule has 1 aromatic carbocycles. The molecule has 128 valence electrons. The number of nitrogens with zero attached hydrogens (tertiary/aromatic N) is 2. The standard InChI is InChI=1S/C17H22N4O3/c1-5-13-9-16(22)20-17(19-13)21-18-10-12-6-7-14(24-11(2)3)15(8-12)23-4/h6-11H,5H2,1-4H3,(H2,19,20,21,22)/b18-10-. The van der Waals surface area contributed by atoms with Crippen LogP contribution in [-0.4, -0.2) is 29.4 Å². The third-order valence-electron chi connectivity index (χ3n) is 3.09. The van der Waals surface area contributed by atoms with Gasteiger partial charge in [-0.25, -0.2) is 10.4 Å². The Bertz CT molecular complexity index is 769. The van der Waals surface area contributed by atoms with Gasteiger partial charge < -0.3 is 9.47 Å². The average Bonchev–Trinajstić information content (AvgIpc) is 2.55. The third kappa shape index (κ3) is 4.84. The smallest absolute Gasteiger partial charge is 0.252 e. The second kappa shape index (κ2) is 8.14. The molecular weight excluding hydrogens is 308 g/mol. The van der Waals surface area contributed by atoms with Crippen molar-refractivity contribution in [2.24, 2.45) is 5.10 Å². The van der Waals surface area contributed by atoms with Crippen molar-refractivity contribution in [1.29, 1.82) is 0 Å². The van der Waals surface area contributed by atoms with Gasteiger partial charge in [0.05, 0.1) is 19.4 Å². The number of methoxy groups -OCH3 is 1. The first-order valence-corrected chi connectivity index (χ1v) is 7.75. The first kappa shape index (κ1) is 17.5. The van der Waals surface area contributed by atoms with Gasteiger partial charge in [-0.1, -0.05) is 6.92 Å². The van der Waals surface area contributed by atoms with E-state index in [0.717, 1.165) is 5.56 Å². The molecule has 0 aliphatic carbocycles. The van der Waals surface area contributed by atoms with Gasteiger partial charge in [-0.3, -0.25) is 9.78 Å². The monoisotopic (exact) mass is 330 g/mol. The van der Waals surface area contributed by atoms with Gasteiger partial charge in [0.25, 0.3) is 5.56 Å². The molecule has 0 aliphatic heterocycles. The quantitative estimate of drug-likeness (QED) is 0.602. The van der Waals surface area contributed by atoms with Crippen LogP contribution in [0.15, 0.2) is 34.2 Å². The number of nitrogens with one attached hydrogen (secondary N) is 2. The predicted octanol–water partition coefficient (Wildman–Crippen LogP) is 2.57. The maximum Gasteiger partial charge on any atom is 0.252 e. The molecule has 0 unspecified atom stereocenters. The third-order valence-corrected chi connectivity index (χ3v) is 3.09. The summed E-state index contributed by atoms with van der Waals surface area (Å²) in [6, 6.07) is 6.98. The first-order chi connectivity index (χ1) is 11.5. The molecule has 0 bridgehead atoms. The molecule has 0 saturated carbocycles. The number of hydrogen-bond acceptors (Lipinski definition) is 6. The van der Waals surface area contributed by atoms with Crippen LogP contribution in [0.5, 0.6) is 11.5 Å². The van der Waals surface area contributed by atoms with E-state index in [4.69, 9.17) is 9.47 Å². The molecule has 0 radical (unpaired) electrons. The van der Waals surface area contributed by atoms with Crippen molar-refractivity contribution in [3.8, 4) is 11.5 Å². The number of anilines is 1. The summed E-state index contributed by atoms with van der Waals surface area (Å²) >= 11 is 0. The van der Waals surface area contributed by atoms with Crippen molar-refractivity contribution in [3.63, 3.8) is 0 Å². The highest BCUT2D eigenvalue weighted by Crippen LogP contribution is 2.28. The van der Waals surface area contributed by atoms with Crippen LogP contribution in [0.4, 0.5) is 5.95 Å². The minimum atomic E-state index is -0.212. The Morgan fingerprint density at radius 3 is 2.79 bits per heavy atom. The molecule has 0 fully saturated rings. The number of H-pyrrole nitrogens is 1. The van der Waals surface area contributed by atoms with Gasteiger partial charge in [-0.2, -0.15) is 5.10 Å². The van der Waals surface area contributed by atoms with Gasteiger partial charge >= 0.3 is 0 Å². The van der Waals surface area contributed by atoms with E-state index in [1.807, 2.05) is 39.0 Å². The summed E-state index contributed by atoms with van der Waals surface area (Å²) in [5.41, 5.74) is 4.04. The molecule has 0 spiro atoms. The lowest BCUT2D eigenvalue weighted by molar-refractivity contribution is 0.230. The lowest BCUT2D eigenvalue weighted by Crippen LogP contribution is -2.11. The van der Waals surface area contributed by atoms with Crippen LogP contribution in [0, 0.1) is 0 Å². The summed E-state index contributed by atoms with van der Waals surface area (Å²) in [4.78, 5) is 18.3. The van der Waals surface area contributed by atoms with Gasteiger partial charge in [-0.05, 0) is 44.0 Å². The molecular formula is C17H22N4O3. The molecule has 7 nitrogen and oxygen atoms in total. The number of rotatable bonds is 7. The second-order valence-electron chi connectivity index (χ2n) is 5.39. The number of hydrazone groups is 1. The van der Waals surface area contributed by atoms with Crippen molar-refractivity contribution in [1.82, 2.24) is 9.97 Å². The second-order valence-corrected chi connectivity index (χ2v) is 5.39. The number of hydrogen-bond donors (Lipinski definition) is 2. The lowest BCUT2D eigenvalue weighted by Gasteiger charge is -2.13. The van der Waals surface area contributed by atoms with E-state index in [-0.39, 0.29) is 11.7 Å². The van der Waals surface area contributed by atoms with Gasteiger partial charge in [0.15, 0.2) is 11.5 Å². The molecule has 0 aliphatic rings. The van der Waals surface area contributed by atoms with Crippen molar-refractivity contribution in [3.05, 3.63) is 45.9 Å². The Morgan fingerprint density at radius 2 is 2.12 bits per heavy atom. The van der Waals surface area contributed by atoms with Gasteiger partial charge in [0, 0.05) is 11.8 Å². The Morgan fingerprint density at radius 1 is 1.33 bits per heavy atom. The fourth-order valence-electron chi connectivity index (χ4n) is 2.03. The molecule has 7 heteroatoms. The highest BCUT2D eigenvalue weighted by molar-refractivity contribution is 5.81. The van der Waals surface area contributed by atoms with Crippen LogP contribution in [0.25, 0.3) is 0 Å². The molecule has 0 amide bonds. The molecule has 2 rings (SSSR count). The summed E-state index contributed by atoms with van der Waals surface area (Å²) in [5, 5.41) is 4.09. The number of aromatic nitrogens is 2. The van der Waals surface area contributed by atoms with Crippen molar-refractivity contribution in [2.45, 2.75) is 33.3 Å². The van der Waals surface area contributed by atoms with E-state index >= 15 is 0 Å². The zero-order chi connectivity index (χ0) is 17.5. The molecule has 0 saturated heterocycles. The van der Waals surface area contributed by atoms with E-state index < -0.39 is 0 Å². The summed E-state index contributed by atoms with van der Waals surface area (Å²) in [6.07, 6.45) is 2.35. The normalized spacial score (nSPS) is 11.0. The average molecular weight is 330 g/mol. The zero-order valence-corrected chi connectivity index (χ0v) is 14.3. The van der Waals surface area contributed by atoms with E-state index in [2.05, 4.69) is 20.5 Å². The SMILES string of the molecule is CCc1cc(=O)[nH]c(N/N=C\c2ccc(OC(C)C)c(OC)c2)n1. The lowest BCUT2D eigenvalue weighted by atomic mass is 10.2. The zero-order valence-electron chi connectivity index (χ0n) is 14.3. The van der Waals surface area contributed by atoms with Gasteiger partial charge in [0.2, 0.25) is 5.95 Å². The van der Waals surface area contributed by atoms with Crippen LogP contribution in [0.3, 0.4) is 0 Å². The highest BCUT2D eigenvalue weighted by atomic mass is 16.5. The molecule has 24 heavy (non-hydrogen) atoms. The largest absolute Gasteiger partial charge is 0.493 e. The summed E-state index contributed by atoms with van der Waals surface area (Å²) in [5.74, 6) is 1.62. The molecule has 1 heterocycles. The fraction of sp³-hybridized carbons (Fsp3) is 0.353. The van der Waals surface area contributed by atoms with Crippen molar-refractivity contribution < 1.29 is 9.47 Å². The summed E-state index contributed by atoms with van der Waals surface area (Å²) in [6.45, 7) is 5.84. The topological polar surface area (TPSA) is 88.6 Å². The summed E-state index contributed by atoms with van der Waals surface area (Å²) in [7, 11) is 1.59. The Balaban J connectivity index is 2.11. The number of benzene rings is 1. The molecule has 1 aromatic heterocycles. The summed E-state index contributed by atoms with van der Waals surface area (Å²) < 4.78 is 11.0. The van der Waals surface area contributed by atoms with E-state index in [9.17, 15) is 4.79 Å². The van der Waals surface area contributed by atoms with Crippen LogP contribution < -0.4 is 20.5 Å². The van der Waals surface area contributed by atoms with Crippen LogP contribution in [0.2, 0.25) is 0 Å².